The zero-order chi connectivity index (χ0) is 13.1. The van der Waals surface area contributed by atoms with Gasteiger partial charge in [-0.3, -0.25) is 0 Å². The summed E-state index contributed by atoms with van der Waals surface area (Å²) >= 11 is 1.97. The molecule has 4 heteroatoms. The van der Waals surface area contributed by atoms with Gasteiger partial charge in [-0.05, 0) is 38.5 Å². The van der Waals surface area contributed by atoms with E-state index in [1.807, 2.05) is 11.8 Å². The van der Waals surface area contributed by atoms with Crippen LogP contribution in [0.3, 0.4) is 0 Å². The molecule has 0 radical (unpaired) electrons. The molecule has 17 heavy (non-hydrogen) atoms. The smallest absolute Gasteiger partial charge is 0.0615 e. The van der Waals surface area contributed by atoms with Crippen molar-refractivity contribution >= 4 is 11.8 Å². The lowest BCUT2D eigenvalue weighted by Crippen LogP contribution is -2.43. The monoisotopic (exact) mass is 262 g/mol. The Kier molecular flexibility index (Phi) is 10.3. The molecule has 0 spiro atoms. The number of methoxy groups -OCH3 is 1. The third-order valence-corrected chi connectivity index (χ3v) is 5.15. The molecule has 0 aliphatic heterocycles. The second-order valence-electron chi connectivity index (χ2n) is 4.56. The Hall–Kier alpha value is 0.230. The number of thioether (sulfide) groups is 1. The summed E-state index contributed by atoms with van der Waals surface area (Å²) in [6, 6.07) is 0.438. The minimum Gasteiger partial charge on any atom is -0.383 e. The summed E-state index contributed by atoms with van der Waals surface area (Å²) in [5, 5.41) is 3.65. The first-order valence-electron chi connectivity index (χ1n) is 6.65. The maximum absolute atomic E-state index is 5.56. The fourth-order valence-corrected chi connectivity index (χ4v) is 2.81. The highest BCUT2D eigenvalue weighted by Gasteiger charge is 2.25. The average Bonchev–Trinajstić information content (AvgIpc) is 2.38. The minimum atomic E-state index is 0.370. The van der Waals surface area contributed by atoms with Crippen LogP contribution in [0.2, 0.25) is 0 Å². The van der Waals surface area contributed by atoms with Gasteiger partial charge < -0.3 is 15.8 Å². The van der Waals surface area contributed by atoms with Crippen LogP contribution in [0, 0.1) is 0 Å². The summed E-state index contributed by atoms with van der Waals surface area (Å²) in [5.74, 6) is 0. The van der Waals surface area contributed by atoms with Crippen LogP contribution in [-0.2, 0) is 4.74 Å². The average molecular weight is 262 g/mol. The van der Waals surface area contributed by atoms with E-state index in [2.05, 4.69) is 25.4 Å². The Morgan fingerprint density at radius 2 is 2.00 bits per heavy atom. The largest absolute Gasteiger partial charge is 0.383 e. The molecular weight excluding hydrogens is 232 g/mol. The minimum absolute atomic E-state index is 0.370. The topological polar surface area (TPSA) is 47.3 Å². The highest BCUT2D eigenvalue weighted by atomic mass is 32.2. The van der Waals surface area contributed by atoms with Gasteiger partial charge in [-0.2, -0.15) is 11.8 Å². The molecule has 0 aliphatic carbocycles. The standard InChI is InChI=1S/C13H30N2OS/c1-5-13(6-2,17-4)11-15-12(10-16-3)8-7-9-14/h12,15H,5-11,14H2,1-4H3. The van der Waals surface area contributed by atoms with E-state index < -0.39 is 0 Å². The van der Waals surface area contributed by atoms with E-state index in [1.165, 1.54) is 12.8 Å². The van der Waals surface area contributed by atoms with Crippen LogP contribution in [0.4, 0.5) is 0 Å². The number of ether oxygens (including phenoxy) is 1. The molecule has 3 N–H and O–H groups in total. The van der Waals surface area contributed by atoms with Gasteiger partial charge in [0, 0.05) is 24.4 Å². The lowest BCUT2D eigenvalue weighted by molar-refractivity contribution is 0.160. The van der Waals surface area contributed by atoms with Crippen molar-refractivity contribution in [2.24, 2.45) is 5.73 Å². The molecule has 3 nitrogen and oxygen atoms in total. The molecule has 0 rings (SSSR count). The van der Waals surface area contributed by atoms with E-state index in [9.17, 15) is 0 Å². The van der Waals surface area contributed by atoms with Gasteiger partial charge in [0.05, 0.1) is 6.61 Å². The fourth-order valence-electron chi connectivity index (χ4n) is 2.00. The van der Waals surface area contributed by atoms with Gasteiger partial charge in [-0.25, -0.2) is 0 Å². The van der Waals surface area contributed by atoms with Gasteiger partial charge in [0.15, 0.2) is 0 Å². The third kappa shape index (κ3) is 6.65. The van der Waals surface area contributed by atoms with E-state index in [0.29, 0.717) is 10.8 Å². The number of nitrogens with two attached hydrogens (primary N) is 1. The Balaban J connectivity index is 4.15. The molecule has 0 amide bonds. The van der Waals surface area contributed by atoms with Gasteiger partial charge in [-0.1, -0.05) is 13.8 Å². The van der Waals surface area contributed by atoms with Crippen LogP contribution in [0.5, 0.6) is 0 Å². The predicted molar refractivity (Wildman–Crippen MR) is 78.8 cm³/mol. The summed E-state index contributed by atoms with van der Waals surface area (Å²) < 4.78 is 5.63. The van der Waals surface area contributed by atoms with Crippen molar-refractivity contribution in [3.63, 3.8) is 0 Å². The van der Waals surface area contributed by atoms with Gasteiger partial charge >= 0.3 is 0 Å². The van der Waals surface area contributed by atoms with E-state index in [-0.39, 0.29) is 0 Å². The summed E-state index contributed by atoms with van der Waals surface area (Å²) in [6.07, 6.45) is 6.77. The molecule has 0 saturated heterocycles. The molecule has 0 aliphatic rings. The van der Waals surface area contributed by atoms with Crippen LogP contribution in [-0.4, -0.2) is 43.9 Å². The van der Waals surface area contributed by atoms with Gasteiger partial charge in [0.25, 0.3) is 0 Å². The lowest BCUT2D eigenvalue weighted by atomic mass is 10.0. The number of hydrogen-bond acceptors (Lipinski definition) is 4. The summed E-state index contributed by atoms with van der Waals surface area (Å²) in [6.45, 7) is 7.13. The van der Waals surface area contributed by atoms with Crippen molar-refractivity contribution in [3.05, 3.63) is 0 Å². The van der Waals surface area contributed by atoms with Crippen molar-refractivity contribution in [1.82, 2.24) is 5.32 Å². The highest BCUT2D eigenvalue weighted by molar-refractivity contribution is 8.00. The molecule has 0 saturated carbocycles. The normalized spacial score (nSPS) is 13.9. The zero-order valence-corrected chi connectivity index (χ0v) is 12.7. The van der Waals surface area contributed by atoms with E-state index in [0.717, 1.165) is 32.5 Å². The molecule has 1 atom stereocenters. The van der Waals surface area contributed by atoms with Gasteiger partial charge in [-0.15, -0.1) is 0 Å². The van der Waals surface area contributed by atoms with Crippen LogP contribution in [0.1, 0.15) is 39.5 Å². The Morgan fingerprint density at radius 3 is 2.41 bits per heavy atom. The van der Waals surface area contributed by atoms with Crippen LogP contribution in [0.15, 0.2) is 0 Å². The van der Waals surface area contributed by atoms with Crippen molar-refractivity contribution in [2.75, 3.05) is 33.1 Å². The zero-order valence-electron chi connectivity index (χ0n) is 11.9. The van der Waals surface area contributed by atoms with Crippen molar-refractivity contribution in [2.45, 2.75) is 50.3 Å². The molecule has 104 valence electrons. The molecule has 0 aromatic carbocycles. The van der Waals surface area contributed by atoms with Gasteiger partial charge in [0.1, 0.15) is 0 Å². The van der Waals surface area contributed by atoms with Gasteiger partial charge in [0.2, 0.25) is 0 Å². The third-order valence-electron chi connectivity index (χ3n) is 3.56. The Labute approximate surface area is 111 Å². The maximum Gasteiger partial charge on any atom is 0.0615 e. The molecule has 1 unspecified atom stereocenters. The van der Waals surface area contributed by atoms with Crippen molar-refractivity contribution in [1.29, 1.82) is 0 Å². The second kappa shape index (κ2) is 10.2. The lowest BCUT2D eigenvalue weighted by Gasteiger charge is -2.32. The van der Waals surface area contributed by atoms with Crippen LogP contribution >= 0.6 is 11.8 Å². The van der Waals surface area contributed by atoms with Crippen molar-refractivity contribution < 1.29 is 4.74 Å². The molecule has 0 fully saturated rings. The highest BCUT2D eigenvalue weighted by Crippen LogP contribution is 2.29. The van der Waals surface area contributed by atoms with Crippen LogP contribution in [0.25, 0.3) is 0 Å². The first-order valence-corrected chi connectivity index (χ1v) is 7.88. The fraction of sp³-hybridized carbons (Fsp3) is 1.00. The summed E-state index contributed by atoms with van der Waals surface area (Å²) in [7, 11) is 1.76. The summed E-state index contributed by atoms with van der Waals surface area (Å²) in [4.78, 5) is 0. The molecular formula is C13H30N2OS. The number of rotatable bonds is 11. The SMILES string of the molecule is CCC(CC)(CNC(CCCN)COC)SC. The first-order chi connectivity index (χ1) is 8.17. The Bertz CT molecular complexity index is 167. The van der Waals surface area contributed by atoms with Crippen molar-refractivity contribution in [3.8, 4) is 0 Å². The molecule has 0 heterocycles. The first kappa shape index (κ1) is 17.2. The van der Waals surface area contributed by atoms with Crippen LogP contribution < -0.4 is 11.1 Å². The number of hydrogen-bond donors (Lipinski definition) is 2. The molecule has 0 aromatic heterocycles. The second-order valence-corrected chi connectivity index (χ2v) is 5.83. The van der Waals surface area contributed by atoms with E-state index in [4.69, 9.17) is 10.5 Å². The quantitative estimate of drug-likeness (QED) is 0.599. The van der Waals surface area contributed by atoms with E-state index >= 15 is 0 Å². The predicted octanol–water partition coefficient (Wildman–Crippen LogP) is 2.25. The molecule has 0 bridgehead atoms. The summed E-state index contributed by atoms with van der Waals surface area (Å²) in [5.41, 5.74) is 5.56. The molecule has 0 aromatic rings. The van der Waals surface area contributed by atoms with E-state index in [1.54, 1.807) is 7.11 Å². The Morgan fingerprint density at radius 1 is 1.35 bits per heavy atom. The maximum atomic E-state index is 5.56. The number of nitrogens with one attached hydrogen (secondary N) is 1.